The minimum absolute atomic E-state index is 0.0946. The second kappa shape index (κ2) is 9.14. The van der Waals surface area contributed by atoms with E-state index in [4.69, 9.17) is 0 Å². The van der Waals surface area contributed by atoms with E-state index in [-0.39, 0.29) is 5.78 Å². The van der Waals surface area contributed by atoms with Crippen LogP contribution in [0.2, 0.25) is 0 Å². The quantitative estimate of drug-likeness (QED) is 0.243. The Bertz CT molecular complexity index is 1680. The number of carbonyl (C=O) groups excluding carboxylic acids is 1. The minimum Gasteiger partial charge on any atom is -0.289 e. The first-order chi connectivity index (χ1) is 18.7. The lowest BCUT2D eigenvalue weighted by molar-refractivity contribution is 0.104. The summed E-state index contributed by atoms with van der Waals surface area (Å²) in [6, 6.07) is 50.3. The molecule has 0 amide bonds. The number of rotatable bonds is 4. The Hall–Kier alpha value is -5.01. The monoisotopic (exact) mass is 484 g/mol. The van der Waals surface area contributed by atoms with Crippen molar-refractivity contribution in [3.05, 3.63) is 157 Å². The molecule has 1 aliphatic carbocycles. The number of benzene rings is 6. The summed E-state index contributed by atoms with van der Waals surface area (Å²) in [5, 5.41) is 0. The molecule has 0 spiro atoms. The second-order valence-electron chi connectivity index (χ2n) is 9.74. The van der Waals surface area contributed by atoms with Crippen molar-refractivity contribution in [1.29, 1.82) is 0 Å². The topological polar surface area (TPSA) is 17.1 Å². The fourth-order valence-corrected chi connectivity index (χ4v) is 5.46. The fraction of sp³-hybridized carbons (Fsp3) is 0. The molecule has 0 saturated heterocycles. The molecule has 1 aliphatic rings. The molecule has 0 unspecified atom stereocenters. The van der Waals surface area contributed by atoms with E-state index in [2.05, 4.69) is 133 Å². The molecule has 6 aromatic rings. The molecule has 1 nitrogen and oxygen atoms in total. The lowest BCUT2D eigenvalue weighted by Gasteiger charge is -2.08. The van der Waals surface area contributed by atoms with Gasteiger partial charge < -0.3 is 0 Å². The third-order valence-corrected chi connectivity index (χ3v) is 7.42. The summed E-state index contributed by atoms with van der Waals surface area (Å²) in [7, 11) is 0. The van der Waals surface area contributed by atoms with Gasteiger partial charge in [-0.1, -0.05) is 121 Å². The van der Waals surface area contributed by atoms with Gasteiger partial charge in [0.05, 0.1) is 0 Å². The van der Waals surface area contributed by atoms with Gasteiger partial charge in [0, 0.05) is 11.1 Å². The van der Waals surface area contributed by atoms with E-state index in [0.29, 0.717) is 0 Å². The largest absolute Gasteiger partial charge is 0.289 e. The number of carbonyl (C=O) groups is 1. The van der Waals surface area contributed by atoms with Gasteiger partial charge in [-0.3, -0.25) is 4.79 Å². The van der Waals surface area contributed by atoms with Gasteiger partial charge in [-0.15, -0.1) is 0 Å². The van der Waals surface area contributed by atoms with Crippen LogP contribution in [0.25, 0.3) is 55.6 Å². The number of ketones is 1. The van der Waals surface area contributed by atoms with E-state index in [9.17, 15) is 4.79 Å². The Labute approximate surface area is 222 Å². The van der Waals surface area contributed by atoms with Gasteiger partial charge in [-0.05, 0) is 79.9 Å². The smallest absolute Gasteiger partial charge is 0.194 e. The van der Waals surface area contributed by atoms with E-state index < -0.39 is 0 Å². The maximum absolute atomic E-state index is 13.6. The lowest BCUT2D eigenvalue weighted by atomic mass is 9.95. The number of hydrogen-bond acceptors (Lipinski definition) is 1. The Morgan fingerprint density at radius 1 is 0.263 bits per heavy atom. The maximum Gasteiger partial charge on any atom is 0.194 e. The molecular formula is C37H24O. The summed E-state index contributed by atoms with van der Waals surface area (Å²) in [6.07, 6.45) is 0. The Balaban J connectivity index is 1.24. The molecule has 0 fully saturated rings. The zero-order valence-electron chi connectivity index (χ0n) is 20.8. The molecule has 1 heteroatoms. The fourth-order valence-electron chi connectivity index (χ4n) is 5.46. The highest BCUT2D eigenvalue weighted by Crippen LogP contribution is 2.41. The van der Waals surface area contributed by atoms with Crippen LogP contribution in [0.5, 0.6) is 0 Å². The molecule has 0 heterocycles. The zero-order valence-corrected chi connectivity index (χ0v) is 20.8. The SMILES string of the molecule is O=C1c2cc(-c3cccc(-c4ccccc4)c3)ccc2-c2ccc(-c3cccc(-c4ccccc4)c3)cc21. The Morgan fingerprint density at radius 3 is 1.03 bits per heavy atom. The Morgan fingerprint density at radius 2 is 0.605 bits per heavy atom. The molecule has 0 radical (unpaired) electrons. The minimum atomic E-state index is 0.0946. The first kappa shape index (κ1) is 22.2. The molecule has 6 aromatic carbocycles. The molecule has 0 saturated carbocycles. The summed E-state index contributed by atoms with van der Waals surface area (Å²) < 4.78 is 0. The van der Waals surface area contributed by atoms with Gasteiger partial charge in [-0.2, -0.15) is 0 Å². The highest BCUT2D eigenvalue weighted by atomic mass is 16.1. The Kier molecular flexibility index (Phi) is 5.34. The van der Waals surface area contributed by atoms with Gasteiger partial charge in [0.2, 0.25) is 0 Å². The van der Waals surface area contributed by atoms with Crippen LogP contribution >= 0.6 is 0 Å². The van der Waals surface area contributed by atoms with Crippen molar-refractivity contribution >= 4 is 5.78 Å². The molecule has 0 aliphatic heterocycles. The number of hydrogen-bond donors (Lipinski definition) is 0. The van der Waals surface area contributed by atoms with Crippen molar-refractivity contribution in [2.45, 2.75) is 0 Å². The van der Waals surface area contributed by atoms with E-state index >= 15 is 0 Å². The summed E-state index contributed by atoms with van der Waals surface area (Å²) in [4.78, 5) is 13.6. The highest BCUT2D eigenvalue weighted by Gasteiger charge is 2.27. The van der Waals surface area contributed by atoms with Gasteiger partial charge >= 0.3 is 0 Å². The van der Waals surface area contributed by atoms with Crippen molar-refractivity contribution in [3.63, 3.8) is 0 Å². The van der Waals surface area contributed by atoms with E-state index in [1.165, 1.54) is 22.3 Å². The predicted octanol–water partition coefficient (Wildman–Crippen LogP) is 9.57. The van der Waals surface area contributed by atoms with Crippen LogP contribution in [-0.4, -0.2) is 5.78 Å². The lowest BCUT2D eigenvalue weighted by Crippen LogP contribution is -1.96. The average molecular weight is 485 g/mol. The summed E-state index contributed by atoms with van der Waals surface area (Å²) >= 11 is 0. The average Bonchev–Trinajstić information content (AvgIpc) is 3.28. The number of fused-ring (bicyclic) bond motifs is 3. The summed E-state index contributed by atoms with van der Waals surface area (Å²) in [6.45, 7) is 0. The van der Waals surface area contributed by atoms with Crippen LogP contribution in [-0.2, 0) is 0 Å². The van der Waals surface area contributed by atoms with Crippen LogP contribution < -0.4 is 0 Å². The molecule has 38 heavy (non-hydrogen) atoms. The van der Waals surface area contributed by atoms with Crippen molar-refractivity contribution in [3.8, 4) is 55.6 Å². The van der Waals surface area contributed by atoms with Crippen LogP contribution in [0.4, 0.5) is 0 Å². The van der Waals surface area contributed by atoms with Crippen LogP contribution in [0, 0.1) is 0 Å². The summed E-state index contributed by atoms with van der Waals surface area (Å²) in [5.74, 6) is 0.0946. The van der Waals surface area contributed by atoms with Crippen molar-refractivity contribution in [2.75, 3.05) is 0 Å². The zero-order chi connectivity index (χ0) is 25.5. The van der Waals surface area contributed by atoms with Gasteiger partial charge in [0.15, 0.2) is 5.78 Å². The van der Waals surface area contributed by atoms with Gasteiger partial charge in [0.1, 0.15) is 0 Å². The van der Waals surface area contributed by atoms with E-state index in [1.807, 2.05) is 12.1 Å². The van der Waals surface area contributed by atoms with Crippen molar-refractivity contribution < 1.29 is 4.79 Å². The van der Waals surface area contributed by atoms with Crippen molar-refractivity contribution in [2.24, 2.45) is 0 Å². The molecule has 7 rings (SSSR count). The van der Waals surface area contributed by atoms with E-state index in [1.54, 1.807) is 0 Å². The second-order valence-corrected chi connectivity index (χ2v) is 9.74. The van der Waals surface area contributed by atoms with Crippen LogP contribution in [0.15, 0.2) is 146 Å². The van der Waals surface area contributed by atoms with Crippen LogP contribution in [0.1, 0.15) is 15.9 Å². The molecule has 0 bridgehead atoms. The van der Waals surface area contributed by atoms with Gasteiger partial charge in [0.25, 0.3) is 0 Å². The third-order valence-electron chi connectivity index (χ3n) is 7.42. The normalized spacial score (nSPS) is 11.7. The first-order valence-electron chi connectivity index (χ1n) is 12.9. The third kappa shape index (κ3) is 3.86. The standard InChI is InChI=1S/C37H24O/c38-37-35-23-31(29-15-7-13-27(21-29)25-9-3-1-4-10-25)17-19-33(35)34-20-18-32(24-36(34)37)30-16-8-14-28(22-30)26-11-5-2-6-12-26/h1-24H. The molecule has 0 atom stereocenters. The molecular weight excluding hydrogens is 460 g/mol. The summed E-state index contributed by atoms with van der Waals surface area (Å²) in [5.41, 5.74) is 12.6. The highest BCUT2D eigenvalue weighted by molar-refractivity contribution is 6.22. The van der Waals surface area contributed by atoms with E-state index in [0.717, 1.165) is 44.5 Å². The molecule has 178 valence electrons. The maximum atomic E-state index is 13.6. The molecule has 0 aromatic heterocycles. The molecule has 0 N–H and O–H groups in total. The van der Waals surface area contributed by atoms with Crippen LogP contribution in [0.3, 0.4) is 0 Å². The first-order valence-corrected chi connectivity index (χ1v) is 12.9. The van der Waals surface area contributed by atoms with Gasteiger partial charge in [-0.25, -0.2) is 0 Å². The predicted molar refractivity (Wildman–Crippen MR) is 157 cm³/mol. The van der Waals surface area contributed by atoms with Crippen molar-refractivity contribution in [1.82, 2.24) is 0 Å².